The number of para-hydroxylation sites is 1. The highest BCUT2D eigenvalue weighted by atomic mass is 28.3. The fourth-order valence-electron chi connectivity index (χ4n) is 4.66. The molecular formula is C21H28N2O3Si. The summed E-state index contributed by atoms with van der Waals surface area (Å²) in [5, 5.41) is 10.9. The number of H-pyrrole nitrogens is 1. The molecule has 144 valence electrons. The molecule has 5 nitrogen and oxygen atoms in total. The fourth-order valence-corrected chi connectivity index (χ4v) is 6.72. The van der Waals surface area contributed by atoms with Gasteiger partial charge in [0, 0.05) is 29.1 Å². The summed E-state index contributed by atoms with van der Waals surface area (Å²) in [5.41, 5.74) is 2.96. The van der Waals surface area contributed by atoms with Crippen molar-refractivity contribution in [3.05, 3.63) is 35.5 Å². The molecule has 0 saturated carbocycles. The first-order valence-electron chi connectivity index (χ1n) is 9.68. The molecule has 2 heterocycles. The Kier molecular flexibility index (Phi) is 3.95. The highest BCUT2D eigenvalue weighted by molar-refractivity contribution is 6.82. The molecule has 2 aliphatic rings. The Hall–Kier alpha value is -1.92. The lowest BCUT2D eigenvalue weighted by molar-refractivity contribution is -0.135. The highest BCUT2D eigenvalue weighted by Crippen LogP contribution is 2.51. The summed E-state index contributed by atoms with van der Waals surface area (Å²) in [7, 11) is -2.35. The quantitative estimate of drug-likeness (QED) is 0.616. The number of fused-ring (bicyclic) bond motifs is 5. The Morgan fingerprint density at radius 1 is 1.19 bits per heavy atom. The predicted molar refractivity (Wildman–Crippen MR) is 108 cm³/mol. The van der Waals surface area contributed by atoms with Crippen LogP contribution in [0.4, 0.5) is 0 Å². The van der Waals surface area contributed by atoms with E-state index in [4.69, 9.17) is 0 Å². The number of carbonyl (C=O) groups is 2. The SMILES string of the molecule is CC(C)(C)[Si](C)(C)N1C(=O)C2c3c([nH]c4ccccc34)CC(CO)C2C1=O. The number of benzene rings is 1. The fraction of sp³-hybridized carbons (Fsp3) is 0.524. The summed E-state index contributed by atoms with van der Waals surface area (Å²) >= 11 is 0. The average Bonchev–Trinajstić information content (AvgIpc) is 3.08. The van der Waals surface area contributed by atoms with E-state index >= 15 is 0 Å². The molecule has 1 fully saturated rings. The van der Waals surface area contributed by atoms with Crippen molar-refractivity contribution < 1.29 is 14.7 Å². The van der Waals surface area contributed by atoms with Crippen molar-refractivity contribution in [3.63, 3.8) is 0 Å². The zero-order chi connectivity index (χ0) is 19.7. The van der Waals surface area contributed by atoms with E-state index in [-0.39, 0.29) is 29.4 Å². The van der Waals surface area contributed by atoms with Crippen LogP contribution < -0.4 is 0 Å². The van der Waals surface area contributed by atoms with Gasteiger partial charge in [0.2, 0.25) is 11.8 Å². The van der Waals surface area contributed by atoms with E-state index < -0.39 is 20.1 Å². The summed E-state index contributed by atoms with van der Waals surface area (Å²) in [6.45, 7) is 10.5. The first-order valence-corrected chi connectivity index (χ1v) is 12.6. The van der Waals surface area contributed by atoms with Crippen LogP contribution in [0.1, 0.15) is 37.9 Å². The molecule has 4 rings (SSSR count). The van der Waals surface area contributed by atoms with E-state index in [0.717, 1.165) is 22.2 Å². The third kappa shape index (κ3) is 2.39. The zero-order valence-electron chi connectivity index (χ0n) is 16.7. The zero-order valence-corrected chi connectivity index (χ0v) is 17.7. The van der Waals surface area contributed by atoms with Gasteiger partial charge in [-0.2, -0.15) is 0 Å². The van der Waals surface area contributed by atoms with Gasteiger partial charge in [0.25, 0.3) is 0 Å². The molecule has 1 aliphatic heterocycles. The number of aromatic nitrogens is 1. The minimum absolute atomic E-state index is 0.0688. The summed E-state index contributed by atoms with van der Waals surface area (Å²) in [6, 6.07) is 7.96. The Morgan fingerprint density at radius 2 is 1.85 bits per heavy atom. The number of hydrogen-bond donors (Lipinski definition) is 2. The monoisotopic (exact) mass is 384 g/mol. The number of carbonyl (C=O) groups excluding carboxylic acids is 2. The number of imide groups is 1. The van der Waals surface area contributed by atoms with E-state index in [1.807, 2.05) is 24.3 Å². The summed E-state index contributed by atoms with van der Waals surface area (Å²) in [6.07, 6.45) is 0.603. The van der Waals surface area contributed by atoms with E-state index in [0.29, 0.717) is 6.42 Å². The van der Waals surface area contributed by atoms with Gasteiger partial charge >= 0.3 is 0 Å². The molecule has 0 bridgehead atoms. The van der Waals surface area contributed by atoms with Crippen molar-refractivity contribution in [1.29, 1.82) is 0 Å². The molecule has 2 aromatic rings. The van der Waals surface area contributed by atoms with Gasteiger partial charge in [0.1, 0.15) is 0 Å². The van der Waals surface area contributed by atoms with Gasteiger partial charge in [-0.1, -0.05) is 52.1 Å². The Balaban J connectivity index is 1.91. The van der Waals surface area contributed by atoms with Crippen LogP contribution in [0.2, 0.25) is 18.1 Å². The van der Waals surface area contributed by atoms with Gasteiger partial charge < -0.3 is 14.7 Å². The molecule has 1 aromatic carbocycles. The van der Waals surface area contributed by atoms with Crippen molar-refractivity contribution in [3.8, 4) is 0 Å². The molecule has 0 radical (unpaired) electrons. The molecule has 1 aliphatic carbocycles. The normalized spacial score (nSPS) is 25.9. The predicted octanol–water partition coefficient (Wildman–Crippen LogP) is 3.41. The molecule has 2 N–H and O–H groups in total. The van der Waals surface area contributed by atoms with E-state index in [1.54, 1.807) is 4.57 Å². The number of hydrogen-bond acceptors (Lipinski definition) is 3. The van der Waals surface area contributed by atoms with Crippen molar-refractivity contribution in [2.75, 3.05) is 6.61 Å². The molecule has 1 aromatic heterocycles. The van der Waals surface area contributed by atoms with Crippen LogP contribution in [-0.4, -0.2) is 41.3 Å². The molecule has 6 heteroatoms. The third-order valence-electron chi connectivity index (χ3n) is 7.09. The van der Waals surface area contributed by atoms with Crippen LogP contribution in [0.3, 0.4) is 0 Å². The summed E-state index contributed by atoms with van der Waals surface area (Å²) < 4.78 is 1.63. The molecule has 0 spiro atoms. The topological polar surface area (TPSA) is 73.4 Å². The number of amides is 2. The highest BCUT2D eigenvalue weighted by Gasteiger charge is 2.60. The van der Waals surface area contributed by atoms with Crippen molar-refractivity contribution in [1.82, 2.24) is 9.55 Å². The first kappa shape index (κ1) is 18.4. The largest absolute Gasteiger partial charge is 0.396 e. The Bertz CT molecular complexity index is 941. The lowest BCUT2D eigenvalue weighted by atomic mass is 9.72. The van der Waals surface area contributed by atoms with Crippen molar-refractivity contribution in [2.45, 2.75) is 51.2 Å². The summed E-state index contributed by atoms with van der Waals surface area (Å²) in [5.74, 6) is -1.30. The Morgan fingerprint density at radius 3 is 2.48 bits per heavy atom. The third-order valence-corrected chi connectivity index (χ3v) is 12.3. The number of aliphatic hydroxyl groups is 1. The van der Waals surface area contributed by atoms with Crippen LogP contribution in [0.15, 0.2) is 24.3 Å². The molecule has 3 atom stereocenters. The van der Waals surface area contributed by atoms with Crippen LogP contribution in [0.5, 0.6) is 0 Å². The standard InChI is InChI=1S/C21H28N2O3Si/c1-21(2,3)27(4,5)23-19(25)16-12(11-24)10-15-17(18(16)20(23)26)13-8-6-7-9-14(13)22-15/h6-9,12,16,18,22,24H,10-11H2,1-5H3. The van der Waals surface area contributed by atoms with Crippen LogP contribution in [-0.2, 0) is 16.0 Å². The second-order valence-electron chi connectivity index (χ2n) is 9.53. The van der Waals surface area contributed by atoms with Crippen LogP contribution >= 0.6 is 0 Å². The second-order valence-corrected chi connectivity index (χ2v) is 14.6. The maximum atomic E-state index is 13.7. The summed E-state index contributed by atoms with van der Waals surface area (Å²) in [4.78, 5) is 30.6. The van der Waals surface area contributed by atoms with Gasteiger partial charge in [0.15, 0.2) is 8.24 Å². The van der Waals surface area contributed by atoms with E-state index in [9.17, 15) is 14.7 Å². The van der Waals surface area contributed by atoms with Crippen LogP contribution in [0.25, 0.3) is 10.9 Å². The minimum Gasteiger partial charge on any atom is -0.396 e. The maximum Gasteiger partial charge on any atom is 0.229 e. The van der Waals surface area contributed by atoms with Gasteiger partial charge in [-0.3, -0.25) is 9.59 Å². The minimum atomic E-state index is -2.35. The maximum absolute atomic E-state index is 13.7. The second kappa shape index (κ2) is 5.79. The van der Waals surface area contributed by atoms with Gasteiger partial charge in [-0.05, 0) is 23.1 Å². The number of aliphatic hydroxyl groups excluding tert-OH is 1. The molecule has 3 unspecified atom stereocenters. The number of rotatable bonds is 2. The van der Waals surface area contributed by atoms with Crippen molar-refractivity contribution >= 4 is 31.0 Å². The lowest BCUT2D eigenvalue weighted by Gasteiger charge is -2.42. The first-order chi connectivity index (χ1) is 12.6. The van der Waals surface area contributed by atoms with Crippen LogP contribution in [0, 0.1) is 11.8 Å². The number of nitrogens with one attached hydrogen (secondary N) is 1. The Labute approximate surface area is 160 Å². The van der Waals surface area contributed by atoms with Gasteiger partial charge in [-0.25, -0.2) is 0 Å². The van der Waals surface area contributed by atoms with E-state index in [2.05, 4.69) is 38.8 Å². The smallest absolute Gasteiger partial charge is 0.229 e. The van der Waals surface area contributed by atoms with Gasteiger partial charge in [0.05, 0.1) is 11.8 Å². The molecular weight excluding hydrogens is 356 g/mol. The molecule has 2 amide bonds. The lowest BCUT2D eigenvalue weighted by Crippen LogP contribution is -2.58. The number of nitrogens with zero attached hydrogens (tertiary/aromatic N) is 1. The molecule has 1 saturated heterocycles. The van der Waals surface area contributed by atoms with E-state index in [1.165, 1.54) is 0 Å². The molecule has 27 heavy (non-hydrogen) atoms. The van der Waals surface area contributed by atoms with Gasteiger partial charge in [-0.15, -0.1) is 0 Å². The van der Waals surface area contributed by atoms with Crippen molar-refractivity contribution in [2.24, 2.45) is 11.8 Å². The number of aromatic amines is 1. The average molecular weight is 385 g/mol.